The molecule has 5 nitrogen and oxygen atoms in total. The van der Waals surface area contributed by atoms with Crippen molar-refractivity contribution >= 4 is 60.5 Å². The van der Waals surface area contributed by atoms with E-state index in [0.29, 0.717) is 17.5 Å². The molecule has 0 amide bonds. The second-order valence-electron chi connectivity index (χ2n) is 14.4. The molecule has 272 valence electrons. The molecule has 5 heteroatoms. The van der Waals surface area contributed by atoms with Crippen LogP contribution in [0.15, 0.2) is 211 Å². The average Bonchev–Trinajstić information content (AvgIpc) is 3.68. The van der Waals surface area contributed by atoms with Gasteiger partial charge in [0.2, 0.25) is 0 Å². The number of benzene rings is 9. The molecule has 0 unspecified atom stereocenters. The number of rotatable bonds is 7. The summed E-state index contributed by atoms with van der Waals surface area (Å²) in [5.74, 6) is 1.81. The third-order valence-electron chi connectivity index (χ3n) is 10.9. The van der Waals surface area contributed by atoms with Crippen LogP contribution in [0.5, 0.6) is 0 Å². The van der Waals surface area contributed by atoms with Crippen LogP contribution in [0.2, 0.25) is 0 Å². The van der Waals surface area contributed by atoms with Gasteiger partial charge in [0.05, 0.1) is 5.69 Å². The number of nitrogens with zero attached hydrogens (tertiary/aromatic N) is 4. The van der Waals surface area contributed by atoms with Crippen LogP contribution < -0.4 is 4.90 Å². The fourth-order valence-corrected chi connectivity index (χ4v) is 8.16. The number of fused-ring (bicyclic) bond motifs is 6. The number of para-hydroxylation sites is 1. The Morgan fingerprint density at radius 2 is 0.879 bits per heavy atom. The van der Waals surface area contributed by atoms with Crippen LogP contribution in [0.25, 0.3) is 88.8 Å². The molecule has 0 aliphatic rings. The van der Waals surface area contributed by atoms with Crippen molar-refractivity contribution in [2.24, 2.45) is 0 Å². The summed E-state index contributed by atoms with van der Waals surface area (Å²) in [5, 5.41) is 6.76. The molecule has 9 aromatic carbocycles. The van der Waals surface area contributed by atoms with Gasteiger partial charge in [0.15, 0.2) is 17.5 Å². The first-order valence-corrected chi connectivity index (χ1v) is 19.4. The van der Waals surface area contributed by atoms with Gasteiger partial charge < -0.3 is 9.32 Å². The molecule has 2 heterocycles. The molecule has 0 N–H and O–H groups in total. The van der Waals surface area contributed by atoms with E-state index in [1.165, 1.54) is 21.5 Å². The maximum absolute atomic E-state index is 6.60. The normalized spacial score (nSPS) is 11.4. The minimum absolute atomic E-state index is 0.582. The predicted octanol–water partition coefficient (Wildman–Crippen LogP) is 14.2. The summed E-state index contributed by atoms with van der Waals surface area (Å²) in [6.45, 7) is 0. The van der Waals surface area contributed by atoms with Gasteiger partial charge in [0, 0.05) is 44.4 Å². The van der Waals surface area contributed by atoms with E-state index in [4.69, 9.17) is 19.4 Å². The maximum atomic E-state index is 6.60. The minimum Gasteiger partial charge on any atom is -0.456 e. The van der Waals surface area contributed by atoms with Gasteiger partial charge in [-0.25, -0.2) is 15.0 Å². The van der Waals surface area contributed by atoms with Crippen molar-refractivity contribution in [3.63, 3.8) is 0 Å². The van der Waals surface area contributed by atoms with E-state index in [-0.39, 0.29) is 0 Å². The van der Waals surface area contributed by atoms with E-state index in [1.807, 2.05) is 72.8 Å². The van der Waals surface area contributed by atoms with Crippen LogP contribution in [-0.2, 0) is 0 Å². The number of aromatic nitrogens is 3. The lowest BCUT2D eigenvalue weighted by atomic mass is 9.99. The van der Waals surface area contributed by atoms with Crippen LogP contribution in [0, 0.1) is 0 Å². The number of anilines is 3. The predicted molar refractivity (Wildman–Crippen MR) is 239 cm³/mol. The summed E-state index contributed by atoms with van der Waals surface area (Å²) in [7, 11) is 0. The van der Waals surface area contributed by atoms with Crippen molar-refractivity contribution < 1.29 is 4.42 Å². The summed E-state index contributed by atoms with van der Waals surface area (Å²) in [6.07, 6.45) is 0. The van der Waals surface area contributed by atoms with Crippen molar-refractivity contribution in [1.82, 2.24) is 15.0 Å². The van der Waals surface area contributed by atoms with Crippen LogP contribution in [-0.4, -0.2) is 15.0 Å². The first kappa shape index (κ1) is 33.4. The molecule has 11 rings (SSSR count). The lowest BCUT2D eigenvalue weighted by molar-refractivity contribution is 0.669. The quantitative estimate of drug-likeness (QED) is 0.152. The van der Waals surface area contributed by atoms with Gasteiger partial charge in [-0.3, -0.25) is 0 Å². The van der Waals surface area contributed by atoms with Gasteiger partial charge in [-0.05, 0) is 69.6 Å². The highest BCUT2D eigenvalue weighted by Crippen LogP contribution is 2.45. The highest BCUT2D eigenvalue weighted by Gasteiger charge is 2.22. The Kier molecular flexibility index (Phi) is 8.07. The van der Waals surface area contributed by atoms with Crippen LogP contribution in [0.3, 0.4) is 0 Å². The Balaban J connectivity index is 1.15. The number of hydrogen-bond acceptors (Lipinski definition) is 5. The Hall–Kier alpha value is -7.89. The third-order valence-corrected chi connectivity index (χ3v) is 10.9. The van der Waals surface area contributed by atoms with Crippen molar-refractivity contribution in [1.29, 1.82) is 0 Å². The maximum Gasteiger partial charge on any atom is 0.164 e. The van der Waals surface area contributed by atoms with E-state index in [9.17, 15) is 0 Å². The minimum atomic E-state index is 0.582. The van der Waals surface area contributed by atoms with Crippen molar-refractivity contribution in [2.75, 3.05) is 4.90 Å². The van der Waals surface area contributed by atoms with E-state index in [1.54, 1.807) is 0 Å². The SMILES string of the molecule is c1ccc(-c2nc(-c3ccccc3)nc(-c3cccc4oc5ccc(N(c6ccc7ccc8ccccc8c7c6)c6ccccc6-c6ccccc6)cc5c34)n2)cc1. The summed E-state index contributed by atoms with van der Waals surface area (Å²) in [4.78, 5) is 17.6. The Morgan fingerprint density at radius 3 is 1.60 bits per heavy atom. The molecule has 0 fully saturated rings. The fourth-order valence-electron chi connectivity index (χ4n) is 8.16. The third kappa shape index (κ3) is 5.85. The van der Waals surface area contributed by atoms with Gasteiger partial charge in [0.1, 0.15) is 11.2 Å². The summed E-state index contributed by atoms with van der Waals surface area (Å²) in [6, 6.07) is 71.8. The lowest BCUT2D eigenvalue weighted by Crippen LogP contribution is -2.11. The van der Waals surface area contributed by atoms with E-state index in [2.05, 4.69) is 138 Å². The van der Waals surface area contributed by atoms with Gasteiger partial charge in [0.25, 0.3) is 0 Å². The molecule has 0 aliphatic heterocycles. The molecule has 0 aliphatic carbocycles. The molecule has 0 spiro atoms. The van der Waals surface area contributed by atoms with Crippen LogP contribution >= 0.6 is 0 Å². The standard InChI is InChI=1S/C53H34N4O/c1-4-15-35(16-5-1)43-23-12-13-25-47(43)57(40-30-29-37-28-27-36-17-10-11-22-42(36)45(37)33-40)41-31-32-48-46(34-41)50-44(24-14-26-49(50)58-48)53-55-51(38-18-6-2-7-19-38)54-52(56-53)39-20-8-3-9-21-39/h1-34H. The molecular formula is C53H34N4O. The Labute approximate surface area is 335 Å². The van der Waals surface area contributed by atoms with Gasteiger partial charge in [-0.1, -0.05) is 164 Å². The molecular weight excluding hydrogens is 709 g/mol. The lowest BCUT2D eigenvalue weighted by Gasteiger charge is -2.28. The Bertz CT molecular complexity index is 3230. The average molecular weight is 743 g/mol. The van der Waals surface area contributed by atoms with E-state index in [0.717, 1.165) is 66.8 Å². The zero-order chi connectivity index (χ0) is 38.4. The first-order valence-electron chi connectivity index (χ1n) is 19.4. The summed E-state index contributed by atoms with van der Waals surface area (Å²) >= 11 is 0. The van der Waals surface area contributed by atoms with Crippen LogP contribution in [0.1, 0.15) is 0 Å². The highest BCUT2D eigenvalue weighted by molar-refractivity contribution is 6.13. The van der Waals surface area contributed by atoms with Gasteiger partial charge in [-0.15, -0.1) is 0 Å². The zero-order valence-electron chi connectivity index (χ0n) is 31.3. The summed E-state index contributed by atoms with van der Waals surface area (Å²) < 4.78 is 6.60. The molecule has 58 heavy (non-hydrogen) atoms. The zero-order valence-corrected chi connectivity index (χ0v) is 31.3. The van der Waals surface area contributed by atoms with E-state index < -0.39 is 0 Å². The van der Waals surface area contributed by atoms with Gasteiger partial charge in [-0.2, -0.15) is 0 Å². The number of furan rings is 1. The Morgan fingerprint density at radius 1 is 0.345 bits per heavy atom. The molecule has 0 atom stereocenters. The topological polar surface area (TPSA) is 55.1 Å². The van der Waals surface area contributed by atoms with E-state index >= 15 is 0 Å². The van der Waals surface area contributed by atoms with Crippen LogP contribution in [0.4, 0.5) is 17.1 Å². The monoisotopic (exact) mass is 742 g/mol. The molecule has 0 radical (unpaired) electrons. The fraction of sp³-hybridized carbons (Fsp3) is 0. The smallest absolute Gasteiger partial charge is 0.164 e. The van der Waals surface area contributed by atoms with Gasteiger partial charge >= 0.3 is 0 Å². The molecule has 11 aromatic rings. The first-order chi connectivity index (χ1) is 28.7. The summed E-state index contributed by atoms with van der Waals surface area (Å²) in [5.41, 5.74) is 9.66. The second kappa shape index (κ2) is 14.0. The highest BCUT2D eigenvalue weighted by atomic mass is 16.3. The molecule has 0 saturated carbocycles. The molecule has 0 bridgehead atoms. The number of hydrogen-bond donors (Lipinski definition) is 0. The van der Waals surface area contributed by atoms with Crippen molar-refractivity contribution in [3.05, 3.63) is 206 Å². The molecule has 0 saturated heterocycles. The molecule has 2 aromatic heterocycles. The second-order valence-corrected chi connectivity index (χ2v) is 14.4. The van der Waals surface area contributed by atoms with Crippen molar-refractivity contribution in [2.45, 2.75) is 0 Å². The largest absolute Gasteiger partial charge is 0.456 e. The van der Waals surface area contributed by atoms with Crippen molar-refractivity contribution in [3.8, 4) is 45.3 Å².